The minimum Gasteiger partial charge on any atom is -0.397 e. The molecule has 4 amide bonds. The Labute approximate surface area is 222 Å². The lowest BCUT2D eigenvalue weighted by Crippen LogP contribution is -2.35. The van der Waals surface area contributed by atoms with Gasteiger partial charge in [0.05, 0.1) is 29.1 Å². The summed E-state index contributed by atoms with van der Waals surface area (Å²) in [5.41, 5.74) is 9.12. The molecule has 0 atom stereocenters. The molecule has 7 N–H and O–H groups in total. The molecule has 0 saturated heterocycles. The number of anilines is 3. The van der Waals surface area contributed by atoms with Crippen LogP contribution < -0.4 is 27.0 Å². The standard InChI is InChI=1S/C27H26F2N6O4/c1-13-22(11-18-17-9-15(28)3-5-20(17)35-26(18)38)33-14(2)25(13)27(39)31-8-7-23(36)32-12-24(37)34-21-6-4-16(29)10-19(21)30/h3-6,9-11,33H,7-8,12,30H2,1-2H3,(H,31,39)(H,32,36)(H,34,37)(H,35,38)/b18-11-. The van der Waals surface area contributed by atoms with Crippen LogP contribution in [0.25, 0.3) is 11.6 Å². The first-order valence-corrected chi connectivity index (χ1v) is 12.0. The average molecular weight is 537 g/mol. The number of rotatable bonds is 8. The van der Waals surface area contributed by atoms with E-state index in [2.05, 4.69) is 26.3 Å². The average Bonchev–Trinajstić information content (AvgIpc) is 3.33. The Morgan fingerprint density at radius 1 is 1.00 bits per heavy atom. The summed E-state index contributed by atoms with van der Waals surface area (Å²) in [7, 11) is 0. The van der Waals surface area contributed by atoms with Crippen molar-refractivity contribution < 1.29 is 28.0 Å². The molecule has 0 aliphatic carbocycles. The summed E-state index contributed by atoms with van der Waals surface area (Å²) in [5, 5.41) is 10.3. The maximum atomic E-state index is 13.7. The molecule has 10 nitrogen and oxygen atoms in total. The minimum absolute atomic E-state index is 0.00668. The van der Waals surface area contributed by atoms with Crippen LogP contribution in [0.15, 0.2) is 36.4 Å². The number of amides is 4. The number of hydrogen-bond acceptors (Lipinski definition) is 5. The van der Waals surface area contributed by atoms with Gasteiger partial charge in [0.2, 0.25) is 11.8 Å². The highest BCUT2D eigenvalue weighted by atomic mass is 19.1. The number of aromatic amines is 1. The highest BCUT2D eigenvalue weighted by Gasteiger charge is 2.26. The Kier molecular flexibility index (Phi) is 7.75. The summed E-state index contributed by atoms with van der Waals surface area (Å²) in [4.78, 5) is 52.5. The predicted octanol–water partition coefficient (Wildman–Crippen LogP) is 2.86. The van der Waals surface area contributed by atoms with E-state index in [1.54, 1.807) is 19.9 Å². The molecule has 0 bridgehead atoms. The van der Waals surface area contributed by atoms with E-state index in [9.17, 15) is 28.0 Å². The molecule has 1 aromatic heterocycles. The third-order valence-electron chi connectivity index (χ3n) is 6.13. The van der Waals surface area contributed by atoms with Gasteiger partial charge in [-0.05, 0) is 61.9 Å². The fourth-order valence-electron chi connectivity index (χ4n) is 4.19. The largest absolute Gasteiger partial charge is 0.397 e. The molecule has 0 saturated carbocycles. The van der Waals surface area contributed by atoms with E-state index in [0.717, 1.165) is 12.1 Å². The highest BCUT2D eigenvalue weighted by molar-refractivity contribution is 6.35. The summed E-state index contributed by atoms with van der Waals surface area (Å²) in [5.74, 6) is -2.84. The Morgan fingerprint density at radius 2 is 1.72 bits per heavy atom. The lowest BCUT2D eigenvalue weighted by molar-refractivity contribution is -0.124. The van der Waals surface area contributed by atoms with Crippen LogP contribution >= 0.6 is 0 Å². The molecular formula is C27H26F2N6O4. The summed E-state index contributed by atoms with van der Waals surface area (Å²) in [6.45, 7) is 3.08. The van der Waals surface area contributed by atoms with E-state index in [1.807, 2.05) is 0 Å². The van der Waals surface area contributed by atoms with E-state index < -0.39 is 29.4 Å². The summed E-state index contributed by atoms with van der Waals surface area (Å²) in [6.07, 6.45) is 1.48. The number of carbonyl (C=O) groups excluding carboxylic acids is 4. The third-order valence-corrected chi connectivity index (χ3v) is 6.13. The fraction of sp³-hybridized carbons (Fsp3) is 0.185. The monoisotopic (exact) mass is 536 g/mol. The second kappa shape index (κ2) is 11.2. The van der Waals surface area contributed by atoms with Gasteiger partial charge in [0, 0.05) is 35.6 Å². The first kappa shape index (κ1) is 27.0. The lowest BCUT2D eigenvalue weighted by Gasteiger charge is -2.10. The summed E-state index contributed by atoms with van der Waals surface area (Å²) >= 11 is 0. The fourth-order valence-corrected chi connectivity index (χ4v) is 4.19. The van der Waals surface area contributed by atoms with Gasteiger partial charge in [-0.1, -0.05) is 0 Å². The molecule has 1 aliphatic rings. The van der Waals surface area contributed by atoms with E-state index >= 15 is 0 Å². The zero-order valence-electron chi connectivity index (χ0n) is 21.1. The smallest absolute Gasteiger partial charge is 0.256 e. The van der Waals surface area contributed by atoms with Crippen molar-refractivity contribution in [2.24, 2.45) is 0 Å². The molecular weight excluding hydrogens is 510 g/mol. The zero-order valence-corrected chi connectivity index (χ0v) is 21.1. The first-order chi connectivity index (χ1) is 18.5. The van der Waals surface area contributed by atoms with Crippen LogP contribution in [0, 0.1) is 25.5 Å². The van der Waals surface area contributed by atoms with Crippen molar-refractivity contribution in [1.29, 1.82) is 0 Å². The van der Waals surface area contributed by atoms with Gasteiger partial charge in [-0.3, -0.25) is 19.2 Å². The molecule has 39 heavy (non-hydrogen) atoms. The Morgan fingerprint density at radius 3 is 2.46 bits per heavy atom. The van der Waals surface area contributed by atoms with Gasteiger partial charge in [0.1, 0.15) is 11.6 Å². The Hall–Kier alpha value is -5.00. The number of benzene rings is 2. The van der Waals surface area contributed by atoms with E-state index in [1.165, 1.54) is 24.3 Å². The Balaban J connectivity index is 1.31. The molecule has 0 unspecified atom stereocenters. The van der Waals surface area contributed by atoms with E-state index in [4.69, 9.17) is 5.73 Å². The van der Waals surface area contributed by atoms with Crippen molar-refractivity contribution in [2.75, 3.05) is 29.5 Å². The van der Waals surface area contributed by atoms with Crippen LogP contribution in [0.1, 0.15) is 39.3 Å². The molecule has 0 radical (unpaired) electrons. The Bertz CT molecular complexity index is 1530. The van der Waals surface area contributed by atoms with E-state index in [-0.39, 0.29) is 42.4 Å². The van der Waals surface area contributed by atoms with Crippen LogP contribution in [-0.2, 0) is 14.4 Å². The van der Waals surface area contributed by atoms with Gasteiger partial charge in [0.25, 0.3) is 11.8 Å². The van der Waals surface area contributed by atoms with Crippen molar-refractivity contribution in [3.8, 4) is 0 Å². The van der Waals surface area contributed by atoms with E-state index in [0.29, 0.717) is 33.8 Å². The molecule has 2 heterocycles. The number of carbonyl (C=O) groups is 4. The summed E-state index contributed by atoms with van der Waals surface area (Å²) < 4.78 is 26.9. The van der Waals surface area contributed by atoms with Gasteiger partial charge in [-0.15, -0.1) is 0 Å². The molecule has 1 aliphatic heterocycles. The number of aromatic nitrogens is 1. The number of nitrogen functional groups attached to an aromatic ring is 1. The maximum Gasteiger partial charge on any atom is 0.256 e. The van der Waals surface area contributed by atoms with Crippen LogP contribution in [0.2, 0.25) is 0 Å². The number of H-pyrrole nitrogens is 1. The normalized spacial score (nSPS) is 13.1. The van der Waals surface area contributed by atoms with Crippen molar-refractivity contribution in [2.45, 2.75) is 20.3 Å². The van der Waals surface area contributed by atoms with Gasteiger partial charge < -0.3 is 32.0 Å². The van der Waals surface area contributed by atoms with Gasteiger partial charge in [-0.2, -0.15) is 0 Å². The molecule has 202 valence electrons. The van der Waals surface area contributed by atoms with Crippen LogP contribution in [0.3, 0.4) is 0 Å². The molecule has 3 aromatic rings. The van der Waals surface area contributed by atoms with Crippen LogP contribution in [-0.4, -0.2) is 41.7 Å². The zero-order chi connectivity index (χ0) is 28.3. The lowest BCUT2D eigenvalue weighted by atomic mass is 10.0. The highest BCUT2D eigenvalue weighted by Crippen LogP contribution is 2.34. The second-order valence-electron chi connectivity index (χ2n) is 8.93. The SMILES string of the molecule is Cc1[nH]c(/C=C2\C(=O)Nc3ccc(F)cc32)c(C)c1C(=O)NCCC(=O)NCC(=O)Nc1ccc(F)cc1N. The number of aryl methyl sites for hydroxylation is 1. The van der Waals surface area contributed by atoms with Gasteiger partial charge in [-0.25, -0.2) is 8.78 Å². The molecule has 2 aromatic carbocycles. The second-order valence-corrected chi connectivity index (χ2v) is 8.93. The summed E-state index contributed by atoms with van der Waals surface area (Å²) in [6, 6.07) is 7.54. The molecule has 0 fully saturated rings. The predicted molar refractivity (Wildman–Crippen MR) is 143 cm³/mol. The molecule has 0 spiro atoms. The third kappa shape index (κ3) is 6.12. The number of nitrogens with one attached hydrogen (secondary N) is 5. The van der Waals surface area contributed by atoms with Gasteiger partial charge >= 0.3 is 0 Å². The van der Waals surface area contributed by atoms with Crippen LogP contribution in [0.5, 0.6) is 0 Å². The van der Waals surface area contributed by atoms with Crippen molar-refractivity contribution in [3.63, 3.8) is 0 Å². The molecule has 4 rings (SSSR count). The minimum atomic E-state index is -0.549. The number of nitrogens with two attached hydrogens (primary N) is 1. The molecule has 12 heteroatoms. The maximum absolute atomic E-state index is 13.7. The quantitative estimate of drug-likeness (QED) is 0.193. The van der Waals surface area contributed by atoms with Crippen molar-refractivity contribution >= 4 is 52.3 Å². The van der Waals surface area contributed by atoms with Crippen molar-refractivity contribution in [1.82, 2.24) is 15.6 Å². The van der Waals surface area contributed by atoms with Crippen molar-refractivity contribution in [3.05, 3.63) is 76.1 Å². The van der Waals surface area contributed by atoms with Gasteiger partial charge in [0.15, 0.2) is 0 Å². The number of fused-ring (bicyclic) bond motifs is 1. The topological polar surface area (TPSA) is 158 Å². The number of hydrogen-bond donors (Lipinski definition) is 6. The first-order valence-electron chi connectivity index (χ1n) is 12.0. The number of halogens is 2. The van der Waals surface area contributed by atoms with Crippen LogP contribution in [0.4, 0.5) is 25.8 Å².